The van der Waals surface area contributed by atoms with Gasteiger partial charge in [0.15, 0.2) is 0 Å². The van der Waals surface area contributed by atoms with Gasteiger partial charge in [0.2, 0.25) is 0 Å². The third kappa shape index (κ3) is 1.95. The Morgan fingerprint density at radius 3 is 3.00 bits per heavy atom. The zero-order valence-corrected chi connectivity index (χ0v) is 10.2. The van der Waals surface area contributed by atoms with Gasteiger partial charge in [0.1, 0.15) is 11.6 Å². The summed E-state index contributed by atoms with van der Waals surface area (Å²) in [6, 6.07) is 10.4. The molecule has 0 spiro atoms. The molecule has 0 atom stereocenters. The molecule has 0 fully saturated rings. The molecule has 2 aromatic rings. The number of hydrogen-bond donors (Lipinski definition) is 1. The Labute approximate surface area is 106 Å². The Balaban J connectivity index is 2.02. The fourth-order valence-corrected chi connectivity index (χ4v) is 2.41. The molecule has 1 aromatic carbocycles. The van der Waals surface area contributed by atoms with Crippen molar-refractivity contribution in [3.8, 4) is 0 Å². The Morgan fingerprint density at radius 2 is 2.11 bits per heavy atom. The molecule has 1 aliphatic heterocycles. The molecule has 3 rings (SSSR count). The summed E-state index contributed by atoms with van der Waals surface area (Å²) in [7, 11) is 0. The maximum atomic E-state index is 5.60. The van der Waals surface area contributed by atoms with Crippen LogP contribution >= 0.6 is 0 Å². The summed E-state index contributed by atoms with van der Waals surface area (Å²) in [6.45, 7) is 1.38. The first-order valence-electron chi connectivity index (χ1n) is 6.26. The van der Waals surface area contributed by atoms with Crippen molar-refractivity contribution in [2.75, 3.05) is 11.4 Å². The van der Waals surface area contributed by atoms with Gasteiger partial charge >= 0.3 is 0 Å². The number of aryl methyl sites for hydroxylation is 1. The van der Waals surface area contributed by atoms with Crippen LogP contribution in [0, 0.1) is 0 Å². The van der Waals surface area contributed by atoms with E-state index >= 15 is 0 Å². The zero-order chi connectivity index (χ0) is 12.4. The van der Waals surface area contributed by atoms with Gasteiger partial charge in [-0.25, -0.2) is 9.97 Å². The number of fused-ring (bicyclic) bond motifs is 1. The SMILES string of the molecule is NCc1nccc(N2CCCc3ccccc32)n1. The van der Waals surface area contributed by atoms with Gasteiger partial charge in [0.25, 0.3) is 0 Å². The average Bonchev–Trinajstić information content (AvgIpc) is 2.47. The van der Waals surface area contributed by atoms with E-state index in [0.29, 0.717) is 12.4 Å². The van der Waals surface area contributed by atoms with Crippen LogP contribution in [0.1, 0.15) is 17.8 Å². The Hall–Kier alpha value is -1.94. The number of rotatable bonds is 2. The molecule has 0 unspecified atom stereocenters. The van der Waals surface area contributed by atoms with E-state index in [2.05, 4.69) is 39.1 Å². The second-order valence-corrected chi connectivity index (χ2v) is 4.42. The minimum atomic E-state index is 0.378. The van der Waals surface area contributed by atoms with Crippen LogP contribution in [0.5, 0.6) is 0 Å². The van der Waals surface area contributed by atoms with Crippen molar-refractivity contribution >= 4 is 11.5 Å². The highest BCUT2D eigenvalue weighted by Crippen LogP contribution is 2.31. The molecular weight excluding hydrogens is 224 g/mol. The van der Waals surface area contributed by atoms with Crippen LogP contribution in [0.2, 0.25) is 0 Å². The van der Waals surface area contributed by atoms with Crippen LogP contribution in [-0.4, -0.2) is 16.5 Å². The van der Waals surface area contributed by atoms with Crippen molar-refractivity contribution in [3.63, 3.8) is 0 Å². The lowest BCUT2D eigenvalue weighted by Gasteiger charge is -2.30. The van der Waals surface area contributed by atoms with Gasteiger partial charge in [-0.15, -0.1) is 0 Å². The lowest BCUT2D eigenvalue weighted by Crippen LogP contribution is -2.25. The van der Waals surface area contributed by atoms with Gasteiger partial charge in [-0.05, 0) is 30.5 Å². The van der Waals surface area contributed by atoms with Gasteiger partial charge in [-0.1, -0.05) is 18.2 Å². The predicted molar refractivity (Wildman–Crippen MR) is 71.7 cm³/mol. The van der Waals surface area contributed by atoms with Crippen molar-refractivity contribution in [1.29, 1.82) is 0 Å². The molecule has 0 saturated heterocycles. The monoisotopic (exact) mass is 240 g/mol. The maximum Gasteiger partial charge on any atom is 0.144 e. The van der Waals surface area contributed by atoms with E-state index in [1.165, 1.54) is 11.3 Å². The zero-order valence-electron chi connectivity index (χ0n) is 10.2. The number of nitrogens with two attached hydrogens (primary N) is 1. The molecule has 1 aliphatic rings. The van der Waals surface area contributed by atoms with Crippen molar-refractivity contribution in [2.24, 2.45) is 5.73 Å². The Kier molecular flexibility index (Phi) is 2.94. The third-order valence-electron chi connectivity index (χ3n) is 3.26. The molecule has 1 aromatic heterocycles. The summed E-state index contributed by atoms with van der Waals surface area (Å²) in [4.78, 5) is 10.9. The van der Waals surface area contributed by atoms with E-state index in [4.69, 9.17) is 5.73 Å². The molecule has 0 saturated carbocycles. The van der Waals surface area contributed by atoms with Gasteiger partial charge in [-0.2, -0.15) is 0 Å². The quantitative estimate of drug-likeness (QED) is 0.872. The first-order chi connectivity index (χ1) is 8.88. The molecule has 0 amide bonds. The van der Waals surface area contributed by atoms with E-state index in [9.17, 15) is 0 Å². The molecule has 0 radical (unpaired) electrons. The molecular formula is C14H16N4. The van der Waals surface area contributed by atoms with E-state index in [1.807, 2.05) is 6.07 Å². The summed E-state index contributed by atoms with van der Waals surface area (Å²) in [5.74, 6) is 1.63. The molecule has 2 heterocycles. The van der Waals surface area contributed by atoms with Crippen LogP contribution in [-0.2, 0) is 13.0 Å². The molecule has 0 bridgehead atoms. The lowest BCUT2D eigenvalue weighted by atomic mass is 10.0. The fourth-order valence-electron chi connectivity index (χ4n) is 2.41. The van der Waals surface area contributed by atoms with Crippen molar-refractivity contribution < 1.29 is 0 Å². The molecule has 18 heavy (non-hydrogen) atoms. The summed E-state index contributed by atoms with van der Waals surface area (Å²) in [5, 5.41) is 0. The number of anilines is 2. The number of para-hydroxylation sites is 1. The minimum absolute atomic E-state index is 0.378. The van der Waals surface area contributed by atoms with Gasteiger partial charge in [0, 0.05) is 18.4 Å². The van der Waals surface area contributed by atoms with Crippen LogP contribution in [0.15, 0.2) is 36.5 Å². The second kappa shape index (κ2) is 4.74. The van der Waals surface area contributed by atoms with Crippen LogP contribution < -0.4 is 10.6 Å². The van der Waals surface area contributed by atoms with Gasteiger partial charge in [0.05, 0.1) is 6.54 Å². The van der Waals surface area contributed by atoms with Crippen molar-refractivity contribution in [1.82, 2.24) is 9.97 Å². The van der Waals surface area contributed by atoms with E-state index in [1.54, 1.807) is 6.20 Å². The smallest absolute Gasteiger partial charge is 0.144 e. The summed E-state index contributed by atoms with van der Waals surface area (Å²) < 4.78 is 0. The highest BCUT2D eigenvalue weighted by Gasteiger charge is 2.18. The molecule has 92 valence electrons. The Bertz CT molecular complexity index is 553. The van der Waals surface area contributed by atoms with Crippen molar-refractivity contribution in [2.45, 2.75) is 19.4 Å². The highest BCUT2D eigenvalue weighted by atomic mass is 15.2. The summed E-state index contributed by atoms with van der Waals surface area (Å²) >= 11 is 0. The number of nitrogens with zero attached hydrogens (tertiary/aromatic N) is 3. The standard InChI is InChI=1S/C14H16N4/c15-10-13-16-8-7-14(17-13)18-9-3-5-11-4-1-2-6-12(11)18/h1-2,4,6-8H,3,5,9-10,15H2. The predicted octanol–water partition coefficient (Wildman–Crippen LogP) is 2.02. The van der Waals surface area contributed by atoms with E-state index in [-0.39, 0.29) is 0 Å². The molecule has 0 aliphatic carbocycles. The lowest BCUT2D eigenvalue weighted by molar-refractivity contribution is 0.753. The second-order valence-electron chi connectivity index (χ2n) is 4.42. The maximum absolute atomic E-state index is 5.60. The largest absolute Gasteiger partial charge is 0.326 e. The highest BCUT2D eigenvalue weighted by molar-refractivity contribution is 5.65. The summed E-state index contributed by atoms with van der Waals surface area (Å²) in [6.07, 6.45) is 4.07. The Morgan fingerprint density at radius 1 is 1.22 bits per heavy atom. The number of aromatic nitrogens is 2. The summed E-state index contributed by atoms with van der Waals surface area (Å²) in [5.41, 5.74) is 8.24. The van der Waals surface area contributed by atoms with Crippen molar-refractivity contribution in [3.05, 3.63) is 47.9 Å². The number of benzene rings is 1. The average molecular weight is 240 g/mol. The van der Waals surface area contributed by atoms with Gasteiger partial charge in [-0.3, -0.25) is 0 Å². The minimum Gasteiger partial charge on any atom is -0.326 e. The number of hydrogen-bond acceptors (Lipinski definition) is 4. The van der Waals surface area contributed by atoms with E-state index in [0.717, 1.165) is 25.2 Å². The van der Waals surface area contributed by atoms with Crippen LogP contribution in [0.4, 0.5) is 11.5 Å². The molecule has 4 heteroatoms. The van der Waals surface area contributed by atoms with Crippen LogP contribution in [0.25, 0.3) is 0 Å². The first-order valence-corrected chi connectivity index (χ1v) is 6.26. The normalized spacial score (nSPS) is 14.4. The van der Waals surface area contributed by atoms with E-state index < -0.39 is 0 Å². The van der Waals surface area contributed by atoms with Crippen LogP contribution in [0.3, 0.4) is 0 Å². The molecule has 4 nitrogen and oxygen atoms in total. The topological polar surface area (TPSA) is 55.0 Å². The third-order valence-corrected chi connectivity index (χ3v) is 3.26. The fraction of sp³-hybridized carbons (Fsp3) is 0.286. The first kappa shape index (κ1) is 11.2. The molecule has 2 N–H and O–H groups in total. The van der Waals surface area contributed by atoms with Gasteiger partial charge < -0.3 is 10.6 Å².